The van der Waals surface area contributed by atoms with E-state index in [9.17, 15) is 68.4 Å². The van der Waals surface area contributed by atoms with E-state index in [2.05, 4.69) is 23.7 Å². The van der Waals surface area contributed by atoms with Crippen molar-refractivity contribution >= 4 is 59.7 Å². The third-order valence-electron chi connectivity index (χ3n) is 6.71. The van der Waals surface area contributed by atoms with Crippen LogP contribution in [0.2, 0.25) is 0 Å². The van der Waals surface area contributed by atoms with Gasteiger partial charge in [0, 0.05) is 0 Å². The second-order valence-corrected chi connectivity index (χ2v) is 11.0. The predicted octanol–water partition coefficient (Wildman–Crippen LogP) is -1.78. The molecule has 2 aromatic rings. The molecule has 22 nitrogen and oxygen atoms in total. The first kappa shape index (κ1) is 45.5. The standard InChI is InChI=1S/C34H34O22/c1-16(30(45)54-23(38)15-51-34(49)26(19-11-7-4-8-12-19)56-27(29(43)44)25(40)28(41)42)52-21(36)13-20(35)32(47)53-17(2)31(46)55-22(37)14-50-33(48)24(39)18-9-5-3-6-10-18/h3-12,16-17,20,24-27,35,39-40H,13-15H2,1-2H3,(H,41,42)(H,43,44)/t16?,17?,20?,24-,25?,26-,27?/m1/s1. The Balaban J connectivity index is 1.81. The highest BCUT2D eigenvalue weighted by atomic mass is 16.7. The summed E-state index contributed by atoms with van der Waals surface area (Å²) in [6.45, 7) is -0.600. The Kier molecular flexibility index (Phi) is 17.8. The van der Waals surface area contributed by atoms with Gasteiger partial charge in [0.1, 0.15) is 0 Å². The maximum atomic E-state index is 12.7. The molecule has 0 saturated heterocycles. The Morgan fingerprint density at radius 1 is 0.554 bits per heavy atom. The first-order valence-electron chi connectivity index (χ1n) is 15.8. The second kappa shape index (κ2) is 21.9. The minimum Gasteiger partial charge on any atom is -0.479 e. The number of carboxylic acid groups (broad SMARTS) is 2. The maximum Gasteiger partial charge on any atom is 0.354 e. The number of carbonyl (C=O) groups excluding carboxylic acids is 8. The monoisotopic (exact) mass is 794 g/mol. The molecule has 2 aromatic carbocycles. The largest absolute Gasteiger partial charge is 0.479 e. The van der Waals surface area contributed by atoms with Crippen molar-refractivity contribution in [3.63, 3.8) is 0 Å². The number of ether oxygens (including phenoxy) is 7. The van der Waals surface area contributed by atoms with E-state index in [4.69, 9.17) is 14.6 Å². The molecule has 22 heteroatoms. The van der Waals surface area contributed by atoms with E-state index in [1.165, 1.54) is 54.6 Å². The SMILES string of the molecule is CC(OC(=O)CC(O)C(=O)OC(C)C(=O)OC(=O)COC(=O)[C@H](O)c1ccccc1)C(=O)OC(=O)COC(=O)[C@H](OC(C(=O)O)C(O)C(=O)O)c1ccccc1. The number of hydrogen-bond acceptors (Lipinski definition) is 20. The molecule has 56 heavy (non-hydrogen) atoms. The molecular formula is C34H34O22. The van der Waals surface area contributed by atoms with Gasteiger partial charge < -0.3 is 58.7 Å². The Morgan fingerprint density at radius 3 is 1.50 bits per heavy atom. The fraction of sp³-hybridized carbons (Fsp3) is 0.353. The van der Waals surface area contributed by atoms with E-state index >= 15 is 0 Å². The molecule has 0 aliphatic heterocycles. The molecule has 0 aliphatic rings. The van der Waals surface area contributed by atoms with Gasteiger partial charge >= 0.3 is 59.7 Å². The molecular weight excluding hydrogens is 760 g/mol. The minimum absolute atomic E-state index is 0.0846. The molecule has 5 unspecified atom stereocenters. The van der Waals surface area contributed by atoms with Crippen LogP contribution < -0.4 is 0 Å². The molecule has 0 bridgehead atoms. The van der Waals surface area contributed by atoms with Crippen molar-refractivity contribution in [1.29, 1.82) is 0 Å². The van der Waals surface area contributed by atoms with Crippen LogP contribution in [0.3, 0.4) is 0 Å². The van der Waals surface area contributed by atoms with Crippen molar-refractivity contribution in [1.82, 2.24) is 0 Å². The quantitative estimate of drug-likeness (QED) is 0.0562. The normalized spacial score (nSPS) is 14.4. The predicted molar refractivity (Wildman–Crippen MR) is 173 cm³/mol. The lowest BCUT2D eigenvalue weighted by atomic mass is 10.1. The lowest BCUT2D eigenvalue weighted by molar-refractivity contribution is -0.188. The molecule has 0 spiro atoms. The van der Waals surface area contributed by atoms with Gasteiger partial charge in [-0.3, -0.25) is 4.79 Å². The van der Waals surface area contributed by atoms with E-state index in [0.717, 1.165) is 13.8 Å². The van der Waals surface area contributed by atoms with Crippen molar-refractivity contribution in [3.8, 4) is 0 Å². The topological polar surface area (TPSA) is 336 Å². The summed E-state index contributed by atoms with van der Waals surface area (Å²) in [5.41, 5.74) is 0.0755. The van der Waals surface area contributed by atoms with Crippen LogP contribution in [0.25, 0.3) is 0 Å². The Bertz CT molecular complexity index is 1760. The second-order valence-electron chi connectivity index (χ2n) is 11.0. The third-order valence-corrected chi connectivity index (χ3v) is 6.71. The van der Waals surface area contributed by atoms with Gasteiger partial charge in [-0.2, -0.15) is 0 Å². The molecule has 302 valence electrons. The summed E-state index contributed by atoms with van der Waals surface area (Å²) < 4.78 is 32.4. The summed E-state index contributed by atoms with van der Waals surface area (Å²) in [6.07, 6.45) is -16.0. The van der Waals surface area contributed by atoms with Gasteiger partial charge in [0.25, 0.3) is 0 Å². The summed E-state index contributed by atoms with van der Waals surface area (Å²) >= 11 is 0. The van der Waals surface area contributed by atoms with Gasteiger partial charge in [-0.05, 0) is 25.0 Å². The van der Waals surface area contributed by atoms with Crippen LogP contribution in [-0.2, 0) is 81.1 Å². The van der Waals surface area contributed by atoms with Gasteiger partial charge in [-0.25, -0.2) is 43.2 Å². The Hall–Kier alpha value is -6.62. The van der Waals surface area contributed by atoms with Gasteiger partial charge in [-0.1, -0.05) is 60.7 Å². The summed E-state index contributed by atoms with van der Waals surface area (Å²) in [6, 6.07) is 14.3. The van der Waals surface area contributed by atoms with Gasteiger partial charge in [0.15, 0.2) is 55.9 Å². The van der Waals surface area contributed by atoms with Gasteiger partial charge in [0.2, 0.25) is 0 Å². The van der Waals surface area contributed by atoms with Crippen molar-refractivity contribution < 1.29 is 107 Å². The molecule has 0 saturated carbocycles. The molecule has 0 radical (unpaired) electrons. The molecule has 0 heterocycles. The zero-order valence-electron chi connectivity index (χ0n) is 29.1. The first-order chi connectivity index (χ1) is 26.3. The van der Waals surface area contributed by atoms with Crippen molar-refractivity contribution in [2.24, 2.45) is 0 Å². The van der Waals surface area contributed by atoms with E-state index < -0.39 is 122 Å². The number of carbonyl (C=O) groups is 10. The summed E-state index contributed by atoms with van der Waals surface area (Å²) in [5.74, 6) is -15.7. The number of esters is 8. The maximum absolute atomic E-state index is 12.7. The van der Waals surface area contributed by atoms with Crippen LogP contribution in [0.1, 0.15) is 43.6 Å². The van der Waals surface area contributed by atoms with E-state index in [1.54, 1.807) is 6.07 Å². The molecule has 5 N–H and O–H groups in total. The molecule has 0 amide bonds. The number of hydrogen-bond donors (Lipinski definition) is 5. The van der Waals surface area contributed by atoms with Crippen LogP contribution in [0, 0.1) is 0 Å². The van der Waals surface area contributed by atoms with Crippen molar-refractivity contribution in [2.75, 3.05) is 13.2 Å². The summed E-state index contributed by atoms with van der Waals surface area (Å²) in [5, 5.41) is 47.9. The summed E-state index contributed by atoms with van der Waals surface area (Å²) in [4.78, 5) is 120. The first-order valence-corrected chi connectivity index (χ1v) is 15.8. The highest BCUT2D eigenvalue weighted by Gasteiger charge is 2.39. The average molecular weight is 795 g/mol. The fourth-order valence-corrected chi connectivity index (χ4v) is 3.91. The zero-order chi connectivity index (χ0) is 42.1. The van der Waals surface area contributed by atoms with E-state index in [-0.39, 0.29) is 11.1 Å². The zero-order valence-corrected chi connectivity index (χ0v) is 29.1. The van der Waals surface area contributed by atoms with Crippen LogP contribution in [-0.4, -0.2) is 129 Å². The summed E-state index contributed by atoms with van der Waals surface area (Å²) in [7, 11) is 0. The average Bonchev–Trinajstić information content (AvgIpc) is 3.15. The van der Waals surface area contributed by atoms with Gasteiger partial charge in [-0.15, -0.1) is 0 Å². The van der Waals surface area contributed by atoms with Crippen LogP contribution in [0.4, 0.5) is 0 Å². The minimum atomic E-state index is -2.62. The number of aliphatic hydroxyl groups is 3. The van der Waals surface area contributed by atoms with Gasteiger partial charge in [0.05, 0.1) is 6.42 Å². The number of rotatable bonds is 20. The molecule has 2 rings (SSSR count). The van der Waals surface area contributed by atoms with E-state index in [0.29, 0.717) is 0 Å². The molecule has 0 aliphatic carbocycles. The lowest BCUT2D eigenvalue weighted by Crippen LogP contribution is -2.43. The van der Waals surface area contributed by atoms with Crippen LogP contribution in [0.15, 0.2) is 60.7 Å². The smallest absolute Gasteiger partial charge is 0.354 e. The Morgan fingerprint density at radius 2 is 1.02 bits per heavy atom. The molecule has 7 atom stereocenters. The van der Waals surface area contributed by atoms with Crippen LogP contribution >= 0.6 is 0 Å². The number of benzene rings is 2. The number of aliphatic carboxylic acids is 2. The number of carboxylic acids is 2. The highest BCUT2D eigenvalue weighted by molar-refractivity contribution is 5.92. The Labute approximate surface area is 314 Å². The molecule has 0 aromatic heterocycles. The third kappa shape index (κ3) is 14.7. The number of aliphatic hydroxyl groups excluding tert-OH is 3. The van der Waals surface area contributed by atoms with Crippen molar-refractivity contribution in [2.45, 2.75) is 63.0 Å². The van der Waals surface area contributed by atoms with Crippen LogP contribution in [0.5, 0.6) is 0 Å². The highest BCUT2D eigenvalue weighted by Crippen LogP contribution is 2.23. The molecule has 0 fully saturated rings. The lowest BCUT2D eigenvalue weighted by Gasteiger charge is -2.23. The fourth-order valence-electron chi connectivity index (χ4n) is 3.91. The van der Waals surface area contributed by atoms with E-state index in [1.807, 2.05) is 0 Å². The van der Waals surface area contributed by atoms with Crippen molar-refractivity contribution in [3.05, 3.63) is 71.8 Å².